The molecule has 1 atom stereocenters. The number of carbonyl (C=O) groups excluding carboxylic acids is 2. The van der Waals surface area contributed by atoms with Crippen LogP contribution in [0, 0.1) is 0 Å². The van der Waals surface area contributed by atoms with E-state index in [1.54, 1.807) is 30.3 Å². The van der Waals surface area contributed by atoms with Gasteiger partial charge >= 0.3 is 11.9 Å². The molecule has 0 aliphatic carbocycles. The molecule has 0 radical (unpaired) electrons. The second-order valence-electron chi connectivity index (χ2n) is 5.96. The van der Waals surface area contributed by atoms with Gasteiger partial charge in [-0.3, -0.25) is 0 Å². The van der Waals surface area contributed by atoms with Crippen molar-refractivity contribution in [1.29, 1.82) is 0 Å². The van der Waals surface area contributed by atoms with Crippen molar-refractivity contribution in [2.45, 2.75) is 19.1 Å². The number of cyclic esters (lactones) is 1. The molecule has 0 saturated carbocycles. The first-order chi connectivity index (χ1) is 12.6. The zero-order valence-electron chi connectivity index (χ0n) is 13.7. The Bertz CT molecular complexity index is 878. The molecule has 7 heteroatoms. The van der Waals surface area contributed by atoms with Crippen molar-refractivity contribution in [3.8, 4) is 11.5 Å². The maximum absolute atomic E-state index is 12.3. The van der Waals surface area contributed by atoms with Gasteiger partial charge in [-0.2, -0.15) is 0 Å². The third-order valence-electron chi connectivity index (χ3n) is 4.19. The van der Waals surface area contributed by atoms with Crippen LogP contribution in [0.4, 0.5) is 0 Å². The molecule has 0 saturated heterocycles. The molecular formula is C19H15ClO6. The third-order valence-corrected chi connectivity index (χ3v) is 4.47. The molecule has 0 aromatic heterocycles. The fourth-order valence-electron chi connectivity index (χ4n) is 2.96. The molecule has 6 nitrogen and oxygen atoms in total. The quantitative estimate of drug-likeness (QED) is 0.769. The van der Waals surface area contributed by atoms with Crippen molar-refractivity contribution in [3.05, 3.63) is 58.1 Å². The fourth-order valence-corrected chi connectivity index (χ4v) is 3.25. The number of rotatable bonds is 3. The number of esters is 2. The van der Waals surface area contributed by atoms with Gasteiger partial charge in [0.15, 0.2) is 11.5 Å². The summed E-state index contributed by atoms with van der Waals surface area (Å²) in [6, 6.07) is 10.4. The number of hydrogen-bond donors (Lipinski definition) is 0. The molecule has 0 bridgehead atoms. The van der Waals surface area contributed by atoms with E-state index in [1.165, 1.54) is 0 Å². The molecule has 0 spiro atoms. The van der Waals surface area contributed by atoms with Crippen molar-refractivity contribution in [3.63, 3.8) is 0 Å². The topological polar surface area (TPSA) is 71.1 Å². The highest BCUT2D eigenvalue weighted by Gasteiger charge is 2.32. The predicted octanol–water partition coefficient (Wildman–Crippen LogP) is 2.94. The van der Waals surface area contributed by atoms with Gasteiger partial charge in [0.25, 0.3) is 0 Å². The molecule has 2 heterocycles. The van der Waals surface area contributed by atoms with E-state index in [0.29, 0.717) is 47.3 Å². The summed E-state index contributed by atoms with van der Waals surface area (Å²) in [5.41, 5.74) is 1.92. The van der Waals surface area contributed by atoms with Crippen molar-refractivity contribution in [1.82, 2.24) is 0 Å². The summed E-state index contributed by atoms with van der Waals surface area (Å²) in [4.78, 5) is 24.3. The van der Waals surface area contributed by atoms with Crippen LogP contribution in [0.5, 0.6) is 11.5 Å². The van der Waals surface area contributed by atoms with E-state index >= 15 is 0 Å². The summed E-state index contributed by atoms with van der Waals surface area (Å²) >= 11 is 6.17. The van der Waals surface area contributed by atoms with Gasteiger partial charge in [-0.1, -0.05) is 29.8 Å². The van der Waals surface area contributed by atoms with Crippen LogP contribution in [0.3, 0.4) is 0 Å². The minimum atomic E-state index is -0.954. The molecule has 0 amide bonds. The first-order valence-electron chi connectivity index (χ1n) is 8.15. The highest BCUT2D eigenvalue weighted by Crippen LogP contribution is 2.38. The molecule has 134 valence electrons. The van der Waals surface area contributed by atoms with Crippen LogP contribution in [-0.2, 0) is 27.3 Å². The van der Waals surface area contributed by atoms with E-state index in [-0.39, 0.29) is 6.61 Å². The summed E-state index contributed by atoms with van der Waals surface area (Å²) < 4.78 is 21.5. The molecule has 2 aromatic carbocycles. The lowest BCUT2D eigenvalue weighted by atomic mass is 9.99. The Morgan fingerprint density at radius 1 is 1.19 bits per heavy atom. The van der Waals surface area contributed by atoms with Crippen LogP contribution >= 0.6 is 11.6 Å². The van der Waals surface area contributed by atoms with E-state index in [2.05, 4.69) is 0 Å². The molecule has 2 aliphatic rings. The molecular weight excluding hydrogens is 360 g/mol. The zero-order valence-corrected chi connectivity index (χ0v) is 14.5. The molecule has 2 aromatic rings. The largest absolute Gasteiger partial charge is 0.486 e. The highest BCUT2D eigenvalue weighted by molar-refractivity contribution is 6.32. The van der Waals surface area contributed by atoms with Crippen LogP contribution in [0.1, 0.15) is 21.5 Å². The second kappa shape index (κ2) is 6.88. The van der Waals surface area contributed by atoms with Gasteiger partial charge < -0.3 is 18.9 Å². The summed E-state index contributed by atoms with van der Waals surface area (Å²) in [5, 5.41) is 0.395. The summed E-state index contributed by atoms with van der Waals surface area (Å²) in [7, 11) is 0. The van der Waals surface area contributed by atoms with E-state index in [1.807, 2.05) is 6.07 Å². The monoisotopic (exact) mass is 374 g/mol. The average molecular weight is 375 g/mol. The zero-order chi connectivity index (χ0) is 18.1. The van der Waals surface area contributed by atoms with Gasteiger partial charge in [0.2, 0.25) is 6.10 Å². The summed E-state index contributed by atoms with van der Waals surface area (Å²) in [5.74, 6) is -0.103. The van der Waals surface area contributed by atoms with Crippen LogP contribution in [0.2, 0.25) is 5.02 Å². The average Bonchev–Trinajstić information content (AvgIpc) is 2.66. The van der Waals surface area contributed by atoms with Gasteiger partial charge in [0.1, 0.15) is 19.8 Å². The number of hydrogen-bond acceptors (Lipinski definition) is 6. The van der Waals surface area contributed by atoms with Crippen LogP contribution in [0.25, 0.3) is 0 Å². The van der Waals surface area contributed by atoms with E-state index in [9.17, 15) is 9.59 Å². The maximum atomic E-state index is 12.3. The lowest BCUT2D eigenvalue weighted by Crippen LogP contribution is -2.35. The van der Waals surface area contributed by atoms with Crippen LogP contribution in [-0.4, -0.2) is 31.3 Å². The van der Waals surface area contributed by atoms with E-state index in [0.717, 1.165) is 5.56 Å². The summed E-state index contributed by atoms with van der Waals surface area (Å²) in [6.07, 6.45) is -0.659. The lowest BCUT2D eigenvalue weighted by molar-refractivity contribution is -0.155. The van der Waals surface area contributed by atoms with Crippen LogP contribution < -0.4 is 9.47 Å². The summed E-state index contributed by atoms with van der Waals surface area (Å²) in [6.45, 7) is 0.866. The van der Waals surface area contributed by atoms with Gasteiger partial charge in [-0.05, 0) is 29.3 Å². The van der Waals surface area contributed by atoms with Gasteiger partial charge in [-0.15, -0.1) is 0 Å². The Balaban J connectivity index is 1.43. The van der Waals surface area contributed by atoms with E-state index in [4.69, 9.17) is 30.5 Å². The van der Waals surface area contributed by atoms with Gasteiger partial charge in [0.05, 0.1) is 10.6 Å². The molecule has 2 aliphatic heterocycles. The predicted molar refractivity (Wildman–Crippen MR) is 91.6 cm³/mol. The smallest absolute Gasteiger partial charge is 0.348 e. The molecule has 0 N–H and O–H groups in total. The first-order valence-corrected chi connectivity index (χ1v) is 8.53. The van der Waals surface area contributed by atoms with Gasteiger partial charge in [-0.25, -0.2) is 9.59 Å². The Kier molecular flexibility index (Phi) is 4.42. The number of ether oxygens (including phenoxy) is 4. The third kappa shape index (κ3) is 3.20. The van der Waals surface area contributed by atoms with Crippen molar-refractivity contribution in [2.75, 3.05) is 13.2 Å². The molecule has 0 unspecified atom stereocenters. The lowest BCUT2D eigenvalue weighted by Gasteiger charge is -2.23. The number of halogens is 1. The maximum Gasteiger partial charge on any atom is 0.348 e. The molecule has 26 heavy (non-hydrogen) atoms. The second-order valence-corrected chi connectivity index (χ2v) is 6.37. The Morgan fingerprint density at radius 3 is 2.88 bits per heavy atom. The molecule has 4 rings (SSSR count). The number of carbonyl (C=O) groups is 2. The standard InChI is InChI=1S/C19H15ClO6/c20-14-7-11(8-15-17(14)24-6-5-23-15)10-25-19(22)16-9-12-3-1-2-4-13(12)18(21)26-16/h1-4,7-8,16H,5-6,9-10H2/t16-/m1/s1. The Hall–Kier alpha value is -2.73. The van der Waals surface area contributed by atoms with E-state index < -0.39 is 18.0 Å². The Labute approximate surface area is 154 Å². The molecule has 0 fully saturated rings. The van der Waals surface area contributed by atoms with Gasteiger partial charge in [0, 0.05) is 6.42 Å². The fraction of sp³-hybridized carbons (Fsp3) is 0.263. The van der Waals surface area contributed by atoms with Crippen molar-refractivity contribution >= 4 is 23.5 Å². The minimum absolute atomic E-state index is 0.00904. The van der Waals surface area contributed by atoms with Crippen molar-refractivity contribution in [2.24, 2.45) is 0 Å². The SMILES string of the molecule is O=C1O[C@@H](C(=O)OCc2cc(Cl)c3c(c2)OCCO3)Cc2ccccc21. The van der Waals surface area contributed by atoms with Crippen LogP contribution in [0.15, 0.2) is 36.4 Å². The number of benzene rings is 2. The van der Waals surface area contributed by atoms with Crippen molar-refractivity contribution < 1.29 is 28.5 Å². The first kappa shape index (κ1) is 16.7. The minimum Gasteiger partial charge on any atom is -0.486 e. The number of fused-ring (bicyclic) bond motifs is 2. The normalized spacial score (nSPS) is 17.9. The highest BCUT2D eigenvalue weighted by atomic mass is 35.5. The Morgan fingerprint density at radius 2 is 2.00 bits per heavy atom.